The molecule has 1 aliphatic heterocycles. The summed E-state index contributed by atoms with van der Waals surface area (Å²) in [4.78, 5) is 34.1. The lowest BCUT2D eigenvalue weighted by molar-refractivity contribution is -0.176. The van der Waals surface area contributed by atoms with E-state index in [-0.39, 0.29) is 17.9 Å². The number of nitrogens with zero attached hydrogens (tertiary/aromatic N) is 1. The van der Waals surface area contributed by atoms with Crippen molar-refractivity contribution in [3.63, 3.8) is 0 Å². The van der Waals surface area contributed by atoms with E-state index in [0.29, 0.717) is 0 Å². The normalized spacial score (nSPS) is 17.6. The van der Waals surface area contributed by atoms with Crippen LogP contribution in [-0.2, 0) is 19.1 Å². The van der Waals surface area contributed by atoms with Crippen LogP contribution in [0.15, 0.2) is 0 Å². The van der Waals surface area contributed by atoms with Crippen molar-refractivity contribution in [3.8, 4) is 0 Å². The van der Waals surface area contributed by atoms with Crippen molar-refractivity contribution in [1.82, 2.24) is 5.06 Å². The molecule has 0 aromatic rings. The zero-order valence-corrected chi connectivity index (χ0v) is 14.8. The van der Waals surface area contributed by atoms with Gasteiger partial charge >= 0.3 is 5.97 Å². The summed E-state index contributed by atoms with van der Waals surface area (Å²) < 4.78 is 4.95. The summed E-state index contributed by atoms with van der Waals surface area (Å²) in [6, 6.07) is 0. The highest BCUT2D eigenvalue weighted by Gasteiger charge is 2.40. The van der Waals surface area contributed by atoms with Crippen LogP contribution in [-0.4, -0.2) is 34.2 Å². The number of ether oxygens (including phenoxy) is 1. The van der Waals surface area contributed by atoms with Crippen LogP contribution in [0.2, 0.25) is 0 Å². The number of amides is 2. The molecule has 138 valence electrons. The molecule has 0 saturated carbocycles. The highest BCUT2D eigenvalue weighted by Crippen LogP contribution is 2.16. The molecule has 24 heavy (non-hydrogen) atoms. The Morgan fingerprint density at radius 2 is 1.50 bits per heavy atom. The zero-order valence-electron chi connectivity index (χ0n) is 14.8. The molecule has 0 bridgehead atoms. The molecule has 0 aromatic carbocycles. The van der Waals surface area contributed by atoms with Crippen LogP contribution < -0.4 is 0 Å². The Balaban J connectivity index is 1.93. The Kier molecular flexibility index (Phi) is 10.3. The minimum atomic E-state index is -1.15. The fraction of sp³-hybridized carbons (Fsp3) is 0.833. The lowest BCUT2D eigenvalue weighted by Crippen LogP contribution is -2.30. The smallest absolute Gasteiger partial charge is 0.306 e. The van der Waals surface area contributed by atoms with Gasteiger partial charge in [-0.2, -0.15) is 5.06 Å². The van der Waals surface area contributed by atoms with Gasteiger partial charge in [0.2, 0.25) is 0 Å². The van der Waals surface area contributed by atoms with E-state index in [4.69, 9.17) is 9.94 Å². The third-order valence-corrected chi connectivity index (χ3v) is 4.34. The molecule has 1 N–H and O–H groups in total. The van der Waals surface area contributed by atoms with E-state index < -0.39 is 23.9 Å². The van der Waals surface area contributed by atoms with Gasteiger partial charge in [0.05, 0.1) is 6.42 Å². The highest BCUT2D eigenvalue weighted by atomic mass is 16.6. The van der Waals surface area contributed by atoms with Crippen molar-refractivity contribution in [2.24, 2.45) is 0 Å². The van der Waals surface area contributed by atoms with E-state index in [2.05, 4.69) is 6.92 Å². The molecule has 1 unspecified atom stereocenters. The Morgan fingerprint density at radius 3 is 1.96 bits per heavy atom. The van der Waals surface area contributed by atoms with E-state index >= 15 is 0 Å². The molecule has 0 aromatic heterocycles. The minimum Gasteiger partial charge on any atom is -0.452 e. The molecule has 0 radical (unpaired) electrons. The number of unbranched alkanes of at least 4 members (excludes halogenated alkanes) is 10. The van der Waals surface area contributed by atoms with Gasteiger partial charge in [0.15, 0.2) is 6.10 Å². The van der Waals surface area contributed by atoms with E-state index in [1.807, 2.05) is 0 Å². The molecule has 6 nitrogen and oxygen atoms in total. The molecule has 6 heteroatoms. The number of hydrogen-bond donors (Lipinski definition) is 1. The van der Waals surface area contributed by atoms with Crippen molar-refractivity contribution in [2.45, 2.75) is 96.5 Å². The van der Waals surface area contributed by atoms with E-state index in [1.54, 1.807) is 0 Å². The van der Waals surface area contributed by atoms with Crippen LogP contribution in [0.5, 0.6) is 0 Å². The number of hydrogen-bond acceptors (Lipinski definition) is 5. The van der Waals surface area contributed by atoms with Crippen molar-refractivity contribution >= 4 is 17.8 Å². The van der Waals surface area contributed by atoms with Gasteiger partial charge in [-0.25, -0.2) is 0 Å². The van der Waals surface area contributed by atoms with Gasteiger partial charge in [-0.05, 0) is 6.42 Å². The van der Waals surface area contributed by atoms with Gasteiger partial charge in [-0.15, -0.1) is 0 Å². The van der Waals surface area contributed by atoms with Crippen molar-refractivity contribution in [3.05, 3.63) is 0 Å². The fourth-order valence-electron chi connectivity index (χ4n) is 2.83. The second-order valence-electron chi connectivity index (χ2n) is 6.51. The highest BCUT2D eigenvalue weighted by molar-refractivity contribution is 6.04. The first kappa shape index (κ1) is 20.6. The summed E-state index contributed by atoms with van der Waals surface area (Å²) in [6.45, 7) is 2.22. The number of esters is 1. The average Bonchev–Trinajstić information content (AvgIpc) is 2.79. The third-order valence-electron chi connectivity index (χ3n) is 4.34. The van der Waals surface area contributed by atoms with Crippen LogP contribution in [0.3, 0.4) is 0 Å². The number of imide groups is 1. The number of carbonyl (C=O) groups is 3. The largest absolute Gasteiger partial charge is 0.452 e. The van der Waals surface area contributed by atoms with Crippen LogP contribution in [0.4, 0.5) is 0 Å². The maximum absolute atomic E-state index is 11.6. The number of hydroxylamine groups is 2. The number of rotatable bonds is 13. The minimum absolute atomic E-state index is 0.0280. The van der Waals surface area contributed by atoms with Crippen LogP contribution in [0.25, 0.3) is 0 Å². The summed E-state index contributed by atoms with van der Waals surface area (Å²) in [6.07, 6.45) is 12.0. The summed E-state index contributed by atoms with van der Waals surface area (Å²) in [5.41, 5.74) is 0. The Labute approximate surface area is 144 Å². The molecular formula is C18H31NO5. The fourth-order valence-corrected chi connectivity index (χ4v) is 2.83. The van der Waals surface area contributed by atoms with Gasteiger partial charge in [0.25, 0.3) is 11.8 Å². The van der Waals surface area contributed by atoms with Crippen LogP contribution >= 0.6 is 0 Å². The first-order valence-electron chi connectivity index (χ1n) is 9.31. The van der Waals surface area contributed by atoms with Crippen LogP contribution in [0, 0.1) is 0 Å². The monoisotopic (exact) mass is 341 g/mol. The molecular weight excluding hydrogens is 310 g/mol. The molecule has 1 atom stereocenters. The molecule has 0 spiro atoms. The average molecular weight is 341 g/mol. The standard InChI is InChI=1S/C18H31NO5/c1-2-3-4-5-6-7-8-9-10-11-12-13-17(21)24-15-14-16(20)19(23)18(15)22/h15,23H,2-14H2,1H3. The molecule has 1 heterocycles. The quantitative estimate of drug-likeness (QED) is 0.239. The summed E-state index contributed by atoms with van der Waals surface area (Å²) in [5, 5.41) is 9.10. The maximum Gasteiger partial charge on any atom is 0.306 e. The molecule has 1 rings (SSSR count). The van der Waals surface area contributed by atoms with Crippen molar-refractivity contribution in [2.75, 3.05) is 0 Å². The van der Waals surface area contributed by atoms with Gasteiger partial charge in [0.1, 0.15) is 0 Å². The lowest BCUT2D eigenvalue weighted by atomic mass is 10.1. The third kappa shape index (κ3) is 7.90. The van der Waals surface area contributed by atoms with E-state index in [1.165, 1.54) is 51.4 Å². The predicted molar refractivity (Wildman–Crippen MR) is 89.2 cm³/mol. The topological polar surface area (TPSA) is 83.9 Å². The molecule has 1 saturated heterocycles. The lowest BCUT2D eigenvalue weighted by Gasteiger charge is -2.09. The summed E-state index contributed by atoms with van der Waals surface area (Å²) in [5.74, 6) is -2.06. The first-order chi connectivity index (χ1) is 11.6. The Morgan fingerprint density at radius 1 is 1.00 bits per heavy atom. The SMILES string of the molecule is CCCCCCCCCCCCCC(=O)OC1CC(=O)N(O)C1=O. The molecule has 1 fully saturated rings. The Hall–Kier alpha value is -1.43. The second kappa shape index (κ2) is 12.0. The molecule has 2 amide bonds. The van der Waals surface area contributed by atoms with Crippen molar-refractivity contribution < 1.29 is 24.3 Å². The van der Waals surface area contributed by atoms with E-state index in [9.17, 15) is 14.4 Å². The van der Waals surface area contributed by atoms with E-state index in [0.717, 1.165) is 19.3 Å². The van der Waals surface area contributed by atoms with Gasteiger partial charge < -0.3 is 4.74 Å². The summed E-state index contributed by atoms with van der Waals surface area (Å²) >= 11 is 0. The number of carbonyl (C=O) groups excluding carboxylic acids is 3. The maximum atomic E-state index is 11.6. The molecule has 1 aliphatic rings. The second-order valence-corrected chi connectivity index (χ2v) is 6.51. The summed E-state index contributed by atoms with van der Waals surface area (Å²) in [7, 11) is 0. The first-order valence-corrected chi connectivity index (χ1v) is 9.31. The predicted octanol–water partition coefficient (Wildman–Crippen LogP) is 3.75. The zero-order chi connectivity index (χ0) is 17.8. The Bertz CT molecular complexity index is 410. The van der Waals surface area contributed by atoms with Gasteiger partial charge in [-0.3, -0.25) is 19.6 Å². The van der Waals surface area contributed by atoms with Gasteiger partial charge in [0, 0.05) is 6.42 Å². The molecule has 0 aliphatic carbocycles. The van der Waals surface area contributed by atoms with Crippen molar-refractivity contribution in [1.29, 1.82) is 0 Å². The van der Waals surface area contributed by atoms with Crippen LogP contribution in [0.1, 0.15) is 90.4 Å². The van der Waals surface area contributed by atoms with Gasteiger partial charge in [-0.1, -0.05) is 71.1 Å².